The predicted octanol–water partition coefficient (Wildman–Crippen LogP) is 14.6. The number of pyridine rings is 2. The zero-order valence-electron chi connectivity index (χ0n) is 38.5. The molecule has 0 spiro atoms. The van der Waals surface area contributed by atoms with Crippen LogP contribution in [0.25, 0.3) is 72.6 Å². The third-order valence-corrected chi connectivity index (χ3v) is 16.0. The van der Waals surface area contributed by atoms with Crippen LogP contribution in [0.15, 0.2) is 126 Å². The molecule has 9 rings (SSSR count). The molecule has 5 nitrogen and oxygen atoms in total. The third-order valence-electron chi connectivity index (χ3n) is 11.7. The van der Waals surface area contributed by atoms with Gasteiger partial charge in [0.1, 0.15) is 0 Å². The summed E-state index contributed by atoms with van der Waals surface area (Å²) in [6, 6.07) is 47.2. The van der Waals surface area contributed by atoms with Crippen LogP contribution < -0.4 is 4.40 Å². The van der Waals surface area contributed by atoms with Crippen LogP contribution in [0.1, 0.15) is 81.3 Å². The smallest absolute Gasteiger partial charge is 0.216 e. The zero-order chi connectivity index (χ0) is 43.9. The van der Waals surface area contributed by atoms with E-state index in [9.17, 15) is 0 Å². The molecule has 0 fully saturated rings. The average molecular weight is 1070 g/mol. The number of fused-ring (bicyclic) bond motifs is 4. The van der Waals surface area contributed by atoms with E-state index in [1.54, 1.807) is 4.40 Å². The maximum atomic E-state index is 6.52. The van der Waals surface area contributed by atoms with Crippen LogP contribution in [0, 0.1) is 31.9 Å². The Kier molecular flexibility index (Phi) is 13.8. The van der Waals surface area contributed by atoms with Crippen LogP contribution in [0.2, 0.25) is 17.3 Å². The molecule has 0 saturated heterocycles. The minimum absolute atomic E-state index is 0. The number of hydrogen-bond acceptors (Lipinski definition) is 4. The molecule has 0 aliphatic carbocycles. The molecule has 63 heavy (non-hydrogen) atoms. The summed E-state index contributed by atoms with van der Waals surface area (Å²) >= 11 is -1.86. The molecule has 0 unspecified atom stereocenters. The second-order valence-corrected chi connectivity index (χ2v) is 29.3. The van der Waals surface area contributed by atoms with Gasteiger partial charge in [0, 0.05) is 36.9 Å². The number of nitrogens with zero attached hydrogens (tertiary/aromatic N) is 4. The van der Waals surface area contributed by atoms with Crippen molar-refractivity contribution < 1.29 is 24.5 Å². The first-order chi connectivity index (χ1) is 29.7. The van der Waals surface area contributed by atoms with Gasteiger partial charge in [-0.3, -0.25) is 4.98 Å². The Morgan fingerprint density at radius 2 is 1.41 bits per heavy atom. The Labute approximate surface area is 390 Å². The Bertz CT molecular complexity index is 3000. The normalized spacial score (nSPS) is 11.8. The van der Waals surface area contributed by atoms with E-state index < -0.39 is 13.3 Å². The number of benzene rings is 5. The Morgan fingerprint density at radius 1 is 0.730 bits per heavy atom. The fourth-order valence-electron chi connectivity index (χ4n) is 8.64. The summed E-state index contributed by atoms with van der Waals surface area (Å²) in [6.07, 6.45) is 3.27. The first kappa shape index (κ1) is 45.9. The van der Waals surface area contributed by atoms with Crippen molar-refractivity contribution in [1.82, 2.24) is 19.5 Å². The number of imidazole rings is 1. The fraction of sp³-hybridized carbons (Fsp3) is 0.268. The molecule has 0 amide bonds. The molecule has 0 aliphatic rings. The minimum atomic E-state index is -1.86. The molecule has 323 valence electrons. The van der Waals surface area contributed by atoms with Crippen LogP contribution in [-0.4, -0.2) is 32.8 Å². The molecule has 1 radical (unpaired) electrons. The standard InChI is InChI=1S/C38H34N3O.C18H24GeN.Ir/c1-22(2)30-20-27(26-12-8-7-9-13-26)21-31(23(3)4)35(30)41-33-15-11-10-14-32(33)40-37(41)29-18-16-24(5)34-28-19-17-25(6)39-38(28)42-36(29)34;1-14(2)11-16-12-18(15-9-7-6-8-10-15)20-13-17(16)19(3,4)5;/h7-17,19-23H,1-6H3;6-9,12-14H,11H2,1-5H3;/q2*-1;. The second-order valence-electron chi connectivity index (χ2n) is 18.7. The van der Waals surface area contributed by atoms with Crippen molar-refractivity contribution >= 4 is 50.8 Å². The quantitative estimate of drug-likeness (QED) is 0.107. The summed E-state index contributed by atoms with van der Waals surface area (Å²) in [6.45, 7) is 17.8. The van der Waals surface area contributed by atoms with Gasteiger partial charge in [0.15, 0.2) is 0 Å². The molecule has 7 heteroatoms. The molecule has 9 aromatic rings. The molecule has 4 heterocycles. The van der Waals surface area contributed by atoms with Crippen LogP contribution in [-0.2, 0) is 26.5 Å². The van der Waals surface area contributed by atoms with Gasteiger partial charge in [-0.2, -0.15) is 0 Å². The van der Waals surface area contributed by atoms with Crippen molar-refractivity contribution in [3.63, 3.8) is 0 Å². The van der Waals surface area contributed by atoms with E-state index in [1.165, 1.54) is 33.5 Å². The Hall–Kier alpha value is -5.14. The maximum Gasteiger partial charge on any atom is 0.216 e. The van der Waals surface area contributed by atoms with Gasteiger partial charge in [0.2, 0.25) is 5.71 Å². The summed E-state index contributed by atoms with van der Waals surface area (Å²) in [7, 11) is 0. The predicted molar refractivity (Wildman–Crippen MR) is 264 cm³/mol. The van der Waals surface area contributed by atoms with Gasteiger partial charge >= 0.3 is 126 Å². The third kappa shape index (κ3) is 9.41. The van der Waals surface area contributed by atoms with Crippen molar-refractivity contribution in [2.75, 3.05) is 0 Å². The maximum absolute atomic E-state index is 6.52. The average Bonchev–Trinajstić information content (AvgIpc) is 3.82. The number of rotatable bonds is 9. The van der Waals surface area contributed by atoms with Crippen LogP contribution in [0.3, 0.4) is 0 Å². The monoisotopic (exact) mass is 1070 g/mol. The van der Waals surface area contributed by atoms with Gasteiger partial charge in [-0.25, -0.2) is 4.98 Å². The first-order valence-corrected chi connectivity index (χ1v) is 29.4. The zero-order valence-corrected chi connectivity index (χ0v) is 43.0. The molecule has 0 aliphatic heterocycles. The van der Waals surface area contributed by atoms with E-state index in [4.69, 9.17) is 19.4 Å². The Balaban J connectivity index is 0.000000239. The van der Waals surface area contributed by atoms with E-state index in [-0.39, 0.29) is 31.9 Å². The second kappa shape index (κ2) is 18.9. The molecule has 5 aromatic carbocycles. The molecular weight excluding hydrogens is 1010 g/mol. The van der Waals surface area contributed by atoms with Gasteiger partial charge in [-0.15, -0.1) is 17.7 Å². The molecule has 0 bridgehead atoms. The van der Waals surface area contributed by atoms with Crippen LogP contribution in [0.4, 0.5) is 0 Å². The molecule has 0 N–H and O–H groups in total. The Morgan fingerprint density at radius 3 is 2.06 bits per heavy atom. The van der Waals surface area contributed by atoms with Gasteiger partial charge < -0.3 is 8.98 Å². The van der Waals surface area contributed by atoms with E-state index >= 15 is 0 Å². The van der Waals surface area contributed by atoms with Gasteiger partial charge in [0.25, 0.3) is 0 Å². The molecule has 0 saturated carbocycles. The van der Waals surface area contributed by atoms with E-state index in [0.29, 0.717) is 11.6 Å². The van der Waals surface area contributed by atoms with Crippen molar-refractivity contribution in [1.29, 1.82) is 0 Å². The van der Waals surface area contributed by atoms with Crippen molar-refractivity contribution in [3.05, 3.63) is 162 Å². The topological polar surface area (TPSA) is 56.7 Å². The summed E-state index contributed by atoms with van der Waals surface area (Å²) in [4.78, 5) is 14.7. The van der Waals surface area contributed by atoms with Crippen LogP contribution >= 0.6 is 0 Å². The van der Waals surface area contributed by atoms with E-state index in [0.717, 1.165) is 67.7 Å². The SMILES string of the molecule is CC(C)Cc1cc(-c2[c-]cccc2)nc[c]1[Ge]([CH3])([CH3])[CH3].Cc1ccc2c(n1)oc1c(-c3nc4ccccc4n3-c3c(C(C)C)cc(-c4ccccc4)cc3C(C)C)[c-]cc(C)c12.[Ir]. The summed E-state index contributed by atoms with van der Waals surface area (Å²) in [5.74, 6) is 9.40. The summed E-state index contributed by atoms with van der Waals surface area (Å²) in [5.41, 5.74) is 16.2. The number of aromatic nitrogens is 4. The summed E-state index contributed by atoms with van der Waals surface area (Å²) < 4.78 is 10.4. The number of furan rings is 1. The first-order valence-electron chi connectivity index (χ1n) is 22.1. The summed E-state index contributed by atoms with van der Waals surface area (Å²) in [5, 5.41) is 2.08. The number of para-hydroxylation sites is 2. The van der Waals surface area contributed by atoms with Crippen molar-refractivity contribution in [2.24, 2.45) is 5.92 Å². The van der Waals surface area contributed by atoms with Gasteiger partial charge in [-0.1, -0.05) is 88.0 Å². The van der Waals surface area contributed by atoms with Gasteiger partial charge in [0.05, 0.1) is 22.4 Å². The van der Waals surface area contributed by atoms with E-state index in [1.807, 2.05) is 31.2 Å². The van der Waals surface area contributed by atoms with Crippen LogP contribution in [0.5, 0.6) is 0 Å². The molecule has 0 atom stereocenters. The fourth-order valence-corrected chi connectivity index (χ4v) is 12.0. The molecule has 4 aromatic heterocycles. The van der Waals surface area contributed by atoms with Crippen molar-refractivity contribution in [3.8, 4) is 39.5 Å². The largest absolute Gasteiger partial charge is 0.486 e. The number of aryl methyl sites for hydroxylation is 2. The minimum Gasteiger partial charge on any atom is -0.486 e. The number of hydrogen-bond donors (Lipinski definition) is 0. The van der Waals surface area contributed by atoms with E-state index in [2.05, 4.69) is 180 Å². The molecular formula is C56H58GeIrN4O-2. The van der Waals surface area contributed by atoms with Crippen molar-refractivity contribution in [2.45, 2.75) is 90.9 Å². The van der Waals surface area contributed by atoms with Gasteiger partial charge in [-0.05, 0) is 77.4 Å².